The van der Waals surface area contributed by atoms with E-state index >= 15 is 0 Å². The van der Waals surface area contributed by atoms with Gasteiger partial charge in [-0.25, -0.2) is 4.98 Å². The molecule has 1 amide bonds. The van der Waals surface area contributed by atoms with E-state index in [0.717, 1.165) is 5.69 Å². The number of carbonyl (C=O) groups is 1. The number of halogens is 1. The lowest BCUT2D eigenvalue weighted by Crippen LogP contribution is -2.27. The maximum absolute atomic E-state index is 11.6. The number of aromatic nitrogens is 1. The molecule has 1 heterocycles. The molecule has 5 heteroatoms. The van der Waals surface area contributed by atoms with Crippen molar-refractivity contribution in [3.63, 3.8) is 0 Å². The van der Waals surface area contributed by atoms with Gasteiger partial charge in [0.25, 0.3) is 5.91 Å². The van der Waals surface area contributed by atoms with Crippen LogP contribution in [-0.4, -0.2) is 30.6 Å². The molecule has 0 bridgehead atoms. The molecule has 4 nitrogen and oxygen atoms in total. The zero-order valence-corrected chi connectivity index (χ0v) is 10.2. The first-order valence-electron chi connectivity index (χ1n) is 5.14. The topological polar surface area (TPSA) is 51.2 Å². The lowest BCUT2D eigenvalue weighted by Gasteiger charge is -2.06. The summed E-state index contributed by atoms with van der Waals surface area (Å²) in [7, 11) is 0. The predicted molar refractivity (Wildman–Crippen MR) is 62.8 cm³/mol. The lowest BCUT2D eigenvalue weighted by molar-refractivity contribution is 0.0922. The van der Waals surface area contributed by atoms with Gasteiger partial charge in [0.1, 0.15) is 5.15 Å². The van der Waals surface area contributed by atoms with E-state index in [1.165, 1.54) is 0 Å². The monoisotopic (exact) mass is 242 g/mol. The zero-order valence-electron chi connectivity index (χ0n) is 9.42. The van der Waals surface area contributed by atoms with Crippen molar-refractivity contribution in [2.45, 2.75) is 13.8 Å². The van der Waals surface area contributed by atoms with E-state index in [-0.39, 0.29) is 11.1 Å². The second-order valence-electron chi connectivity index (χ2n) is 3.24. The molecule has 0 saturated carbocycles. The van der Waals surface area contributed by atoms with Gasteiger partial charge in [-0.2, -0.15) is 0 Å². The predicted octanol–water partition coefficient (Wildman–Crippen LogP) is 1.81. The molecule has 0 aromatic carbocycles. The summed E-state index contributed by atoms with van der Waals surface area (Å²) >= 11 is 5.86. The smallest absolute Gasteiger partial charge is 0.254 e. The molecule has 0 aliphatic heterocycles. The van der Waals surface area contributed by atoms with Crippen molar-refractivity contribution in [2.24, 2.45) is 0 Å². The first-order valence-corrected chi connectivity index (χ1v) is 5.52. The van der Waals surface area contributed by atoms with Gasteiger partial charge in [-0.1, -0.05) is 11.6 Å². The third-order valence-corrected chi connectivity index (χ3v) is 2.26. The second kappa shape index (κ2) is 6.45. The summed E-state index contributed by atoms with van der Waals surface area (Å²) in [4.78, 5) is 15.7. The number of aryl methyl sites for hydroxylation is 1. The SMILES string of the molecule is CCOCCNC(=O)c1ccc(C)nc1Cl. The Labute approximate surface area is 100.0 Å². The second-order valence-corrected chi connectivity index (χ2v) is 3.60. The Hall–Kier alpha value is -1.13. The van der Waals surface area contributed by atoms with E-state index in [0.29, 0.717) is 25.3 Å². The van der Waals surface area contributed by atoms with Crippen molar-refractivity contribution < 1.29 is 9.53 Å². The largest absolute Gasteiger partial charge is 0.380 e. The highest BCUT2D eigenvalue weighted by Crippen LogP contribution is 2.13. The van der Waals surface area contributed by atoms with Crippen LogP contribution in [0.4, 0.5) is 0 Å². The Morgan fingerprint density at radius 2 is 2.31 bits per heavy atom. The van der Waals surface area contributed by atoms with Crippen molar-refractivity contribution in [3.05, 3.63) is 28.5 Å². The number of hydrogen-bond acceptors (Lipinski definition) is 3. The minimum atomic E-state index is -0.225. The van der Waals surface area contributed by atoms with Crippen LogP contribution in [0, 0.1) is 6.92 Å². The summed E-state index contributed by atoms with van der Waals surface area (Å²) in [6.07, 6.45) is 0. The van der Waals surface area contributed by atoms with Crippen LogP contribution in [0.5, 0.6) is 0 Å². The number of nitrogens with one attached hydrogen (secondary N) is 1. The Balaban J connectivity index is 2.53. The van der Waals surface area contributed by atoms with Crippen LogP contribution in [0.1, 0.15) is 23.0 Å². The quantitative estimate of drug-likeness (QED) is 0.633. The Kier molecular flexibility index (Phi) is 5.22. The first-order chi connectivity index (χ1) is 7.65. The molecule has 1 N–H and O–H groups in total. The fraction of sp³-hybridized carbons (Fsp3) is 0.455. The molecule has 0 saturated heterocycles. The molecule has 0 aliphatic carbocycles. The van der Waals surface area contributed by atoms with Crippen LogP contribution < -0.4 is 5.32 Å². The molecule has 1 aromatic heterocycles. The number of hydrogen-bond donors (Lipinski definition) is 1. The van der Waals surface area contributed by atoms with Crippen molar-refractivity contribution in [1.82, 2.24) is 10.3 Å². The van der Waals surface area contributed by atoms with Crippen molar-refractivity contribution >= 4 is 17.5 Å². The number of ether oxygens (including phenoxy) is 1. The van der Waals surface area contributed by atoms with Gasteiger partial charge < -0.3 is 10.1 Å². The molecule has 0 spiro atoms. The van der Waals surface area contributed by atoms with Crippen molar-refractivity contribution in [3.8, 4) is 0 Å². The third kappa shape index (κ3) is 3.79. The van der Waals surface area contributed by atoms with Gasteiger partial charge in [0.15, 0.2) is 0 Å². The van der Waals surface area contributed by atoms with Crippen LogP contribution in [0.2, 0.25) is 5.15 Å². The molecule has 1 aromatic rings. The van der Waals surface area contributed by atoms with Crippen molar-refractivity contribution in [1.29, 1.82) is 0 Å². The molecule has 0 atom stereocenters. The Morgan fingerprint density at radius 1 is 1.56 bits per heavy atom. The average Bonchev–Trinajstić information content (AvgIpc) is 2.24. The summed E-state index contributed by atoms with van der Waals surface area (Å²) in [5, 5.41) is 2.94. The van der Waals surface area contributed by atoms with E-state index in [2.05, 4.69) is 10.3 Å². The van der Waals surface area contributed by atoms with Gasteiger partial charge in [0.2, 0.25) is 0 Å². The molecular formula is C11H15ClN2O2. The lowest BCUT2D eigenvalue weighted by atomic mass is 10.2. The highest BCUT2D eigenvalue weighted by Gasteiger charge is 2.10. The maximum Gasteiger partial charge on any atom is 0.254 e. The number of rotatable bonds is 5. The summed E-state index contributed by atoms with van der Waals surface area (Å²) in [5.74, 6) is -0.225. The fourth-order valence-electron chi connectivity index (χ4n) is 1.17. The van der Waals surface area contributed by atoms with Crippen LogP contribution in [0.15, 0.2) is 12.1 Å². The molecule has 0 radical (unpaired) electrons. The number of pyridine rings is 1. The third-order valence-electron chi connectivity index (χ3n) is 1.97. The number of carbonyl (C=O) groups excluding carboxylic acids is 1. The van der Waals surface area contributed by atoms with Gasteiger partial charge in [0, 0.05) is 18.8 Å². The molecule has 16 heavy (non-hydrogen) atoms. The molecule has 0 aliphatic rings. The number of nitrogens with zero attached hydrogens (tertiary/aromatic N) is 1. The summed E-state index contributed by atoms with van der Waals surface area (Å²) in [6.45, 7) is 5.34. The highest BCUT2D eigenvalue weighted by atomic mass is 35.5. The highest BCUT2D eigenvalue weighted by molar-refractivity contribution is 6.32. The van der Waals surface area contributed by atoms with Gasteiger partial charge in [-0.3, -0.25) is 4.79 Å². The van der Waals surface area contributed by atoms with Gasteiger partial charge >= 0.3 is 0 Å². The van der Waals surface area contributed by atoms with E-state index in [9.17, 15) is 4.79 Å². The molecule has 0 unspecified atom stereocenters. The average molecular weight is 243 g/mol. The summed E-state index contributed by atoms with van der Waals surface area (Å²) in [5.41, 5.74) is 1.18. The van der Waals surface area contributed by atoms with E-state index in [1.807, 2.05) is 13.8 Å². The number of amides is 1. The van der Waals surface area contributed by atoms with Crippen LogP contribution in [0.25, 0.3) is 0 Å². The van der Waals surface area contributed by atoms with Crippen LogP contribution in [0.3, 0.4) is 0 Å². The maximum atomic E-state index is 11.6. The van der Waals surface area contributed by atoms with Crippen LogP contribution in [-0.2, 0) is 4.74 Å². The Morgan fingerprint density at radius 3 is 2.94 bits per heavy atom. The summed E-state index contributed by atoms with van der Waals surface area (Å²) in [6, 6.07) is 3.42. The van der Waals surface area contributed by atoms with E-state index in [4.69, 9.17) is 16.3 Å². The normalized spacial score (nSPS) is 10.2. The van der Waals surface area contributed by atoms with Crippen molar-refractivity contribution in [2.75, 3.05) is 19.8 Å². The van der Waals surface area contributed by atoms with Gasteiger partial charge in [-0.15, -0.1) is 0 Å². The van der Waals surface area contributed by atoms with E-state index < -0.39 is 0 Å². The van der Waals surface area contributed by atoms with Crippen LogP contribution >= 0.6 is 11.6 Å². The first kappa shape index (κ1) is 12.9. The molecule has 0 fully saturated rings. The van der Waals surface area contributed by atoms with E-state index in [1.54, 1.807) is 12.1 Å². The molecule has 88 valence electrons. The molecule has 1 rings (SSSR count). The summed E-state index contributed by atoms with van der Waals surface area (Å²) < 4.78 is 5.11. The van der Waals surface area contributed by atoms with Gasteiger partial charge in [-0.05, 0) is 26.0 Å². The Bertz CT molecular complexity index is 369. The van der Waals surface area contributed by atoms with Gasteiger partial charge in [0.05, 0.1) is 12.2 Å². The zero-order chi connectivity index (χ0) is 12.0. The molecular weight excluding hydrogens is 228 g/mol. The standard InChI is InChI=1S/C11H15ClN2O2/c1-3-16-7-6-13-11(15)9-5-4-8(2)14-10(9)12/h4-5H,3,6-7H2,1-2H3,(H,13,15). The minimum Gasteiger partial charge on any atom is -0.380 e. The minimum absolute atomic E-state index is 0.225. The fourth-order valence-corrected chi connectivity index (χ4v) is 1.45.